The average molecular weight is 320 g/mol. The summed E-state index contributed by atoms with van der Waals surface area (Å²) in [5, 5.41) is 3.38. The number of hydrogen-bond acceptors (Lipinski definition) is 5. The molecule has 1 aromatic carbocycles. The Kier molecular flexibility index (Phi) is 3.94. The van der Waals surface area contributed by atoms with Crippen LogP contribution in [-0.2, 0) is 6.54 Å². The standard InChI is InChI=1S/C15H14ClN3OS/c1-9-10(2)20-14(19-9)12-5-3-4-6-13(12)17-7-11-8-18-15(16)21-11/h3-6,8,17H,7H2,1-2H3. The average Bonchev–Trinajstić information content (AvgIpc) is 3.04. The van der Waals surface area contributed by atoms with Crippen LogP contribution in [0, 0.1) is 13.8 Å². The third kappa shape index (κ3) is 3.09. The topological polar surface area (TPSA) is 51.0 Å². The summed E-state index contributed by atoms with van der Waals surface area (Å²) in [6.07, 6.45) is 1.78. The quantitative estimate of drug-likeness (QED) is 0.758. The third-order valence-corrected chi connectivity index (χ3v) is 4.28. The number of para-hydroxylation sites is 1. The van der Waals surface area contributed by atoms with E-state index in [2.05, 4.69) is 15.3 Å². The highest BCUT2D eigenvalue weighted by atomic mass is 35.5. The number of hydrogen-bond donors (Lipinski definition) is 1. The zero-order valence-corrected chi connectivity index (χ0v) is 13.3. The van der Waals surface area contributed by atoms with Crippen LogP contribution in [0.25, 0.3) is 11.5 Å². The summed E-state index contributed by atoms with van der Waals surface area (Å²) in [5.41, 5.74) is 2.83. The molecule has 6 heteroatoms. The highest BCUT2D eigenvalue weighted by Gasteiger charge is 2.12. The summed E-state index contributed by atoms with van der Waals surface area (Å²) in [6.45, 7) is 4.53. The van der Waals surface area contributed by atoms with Gasteiger partial charge in [0.05, 0.1) is 17.8 Å². The molecule has 2 heterocycles. The molecular weight excluding hydrogens is 306 g/mol. The molecule has 0 aliphatic carbocycles. The fraction of sp³-hybridized carbons (Fsp3) is 0.200. The summed E-state index contributed by atoms with van der Waals surface area (Å²) >= 11 is 7.31. The molecule has 0 radical (unpaired) electrons. The first kappa shape index (κ1) is 14.1. The molecule has 108 valence electrons. The van der Waals surface area contributed by atoms with Gasteiger partial charge >= 0.3 is 0 Å². The fourth-order valence-electron chi connectivity index (χ4n) is 1.96. The molecule has 3 aromatic rings. The molecule has 0 aliphatic heterocycles. The Morgan fingerprint density at radius 1 is 1.29 bits per heavy atom. The molecule has 0 atom stereocenters. The maximum atomic E-state index is 5.84. The molecule has 4 nitrogen and oxygen atoms in total. The second-order valence-electron chi connectivity index (χ2n) is 4.64. The highest BCUT2D eigenvalue weighted by molar-refractivity contribution is 7.15. The van der Waals surface area contributed by atoms with Crippen LogP contribution in [0.4, 0.5) is 5.69 Å². The van der Waals surface area contributed by atoms with Crippen LogP contribution in [0.2, 0.25) is 4.47 Å². The summed E-state index contributed by atoms with van der Waals surface area (Å²) in [7, 11) is 0. The van der Waals surface area contributed by atoms with Gasteiger partial charge in [0.15, 0.2) is 4.47 Å². The van der Waals surface area contributed by atoms with Crippen LogP contribution < -0.4 is 5.32 Å². The lowest BCUT2D eigenvalue weighted by Crippen LogP contribution is -1.99. The molecule has 0 fully saturated rings. The molecule has 0 amide bonds. The molecule has 0 unspecified atom stereocenters. The first-order valence-corrected chi connectivity index (χ1v) is 7.70. The molecule has 0 bridgehead atoms. The van der Waals surface area contributed by atoms with Crippen molar-refractivity contribution in [1.82, 2.24) is 9.97 Å². The van der Waals surface area contributed by atoms with E-state index in [9.17, 15) is 0 Å². The number of oxazole rings is 1. The SMILES string of the molecule is Cc1nc(-c2ccccc2NCc2cnc(Cl)s2)oc1C. The number of aryl methyl sites for hydroxylation is 2. The largest absolute Gasteiger partial charge is 0.441 e. The number of benzene rings is 1. The Morgan fingerprint density at radius 3 is 2.76 bits per heavy atom. The van der Waals surface area contributed by atoms with Crippen LogP contribution in [-0.4, -0.2) is 9.97 Å². The molecule has 1 N–H and O–H groups in total. The number of nitrogens with zero attached hydrogens (tertiary/aromatic N) is 2. The van der Waals surface area contributed by atoms with E-state index in [4.69, 9.17) is 16.0 Å². The Bertz CT molecular complexity index is 746. The van der Waals surface area contributed by atoms with E-state index in [0.717, 1.165) is 27.6 Å². The summed E-state index contributed by atoms with van der Waals surface area (Å²) in [4.78, 5) is 9.58. The zero-order chi connectivity index (χ0) is 14.8. The normalized spacial score (nSPS) is 10.8. The Balaban J connectivity index is 1.85. The van der Waals surface area contributed by atoms with Gasteiger partial charge in [0, 0.05) is 16.8 Å². The van der Waals surface area contributed by atoms with Gasteiger partial charge in [-0.25, -0.2) is 9.97 Å². The fourth-order valence-corrected chi connectivity index (χ4v) is 2.88. The van der Waals surface area contributed by atoms with Gasteiger partial charge in [-0.2, -0.15) is 0 Å². The van der Waals surface area contributed by atoms with Crippen molar-refractivity contribution in [3.05, 3.63) is 51.3 Å². The molecule has 21 heavy (non-hydrogen) atoms. The van der Waals surface area contributed by atoms with E-state index in [1.807, 2.05) is 38.1 Å². The van der Waals surface area contributed by atoms with Crippen molar-refractivity contribution in [2.75, 3.05) is 5.32 Å². The van der Waals surface area contributed by atoms with Crippen molar-refractivity contribution in [3.8, 4) is 11.5 Å². The van der Waals surface area contributed by atoms with E-state index in [1.165, 1.54) is 11.3 Å². The monoisotopic (exact) mass is 319 g/mol. The molecule has 0 aliphatic rings. The Morgan fingerprint density at radius 2 is 2.10 bits per heavy atom. The maximum Gasteiger partial charge on any atom is 0.228 e. The van der Waals surface area contributed by atoms with Crippen molar-refractivity contribution in [3.63, 3.8) is 0 Å². The molecule has 0 spiro atoms. The van der Waals surface area contributed by atoms with E-state index in [0.29, 0.717) is 16.9 Å². The second kappa shape index (κ2) is 5.87. The van der Waals surface area contributed by atoms with Gasteiger partial charge in [0.2, 0.25) is 5.89 Å². The van der Waals surface area contributed by atoms with Gasteiger partial charge < -0.3 is 9.73 Å². The molecule has 0 saturated heterocycles. The Labute approximate surface area is 131 Å². The first-order valence-electron chi connectivity index (χ1n) is 6.51. The van der Waals surface area contributed by atoms with Crippen LogP contribution in [0.3, 0.4) is 0 Å². The predicted octanol–water partition coefficient (Wildman–Crippen LogP) is 4.68. The molecule has 0 saturated carbocycles. The van der Waals surface area contributed by atoms with Crippen LogP contribution >= 0.6 is 22.9 Å². The van der Waals surface area contributed by atoms with Gasteiger partial charge in [-0.1, -0.05) is 23.7 Å². The number of halogens is 1. The van der Waals surface area contributed by atoms with E-state index >= 15 is 0 Å². The van der Waals surface area contributed by atoms with Crippen LogP contribution in [0.1, 0.15) is 16.3 Å². The third-order valence-electron chi connectivity index (χ3n) is 3.16. The molecule has 2 aromatic heterocycles. The van der Waals surface area contributed by atoms with Crippen LogP contribution in [0.15, 0.2) is 34.9 Å². The second-order valence-corrected chi connectivity index (χ2v) is 6.34. The van der Waals surface area contributed by atoms with Gasteiger partial charge in [-0.05, 0) is 26.0 Å². The van der Waals surface area contributed by atoms with E-state index in [1.54, 1.807) is 6.20 Å². The number of anilines is 1. The smallest absolute Gasteiger partial charge is 0.228 e. The minimum absolute atomic E-state index is 0.555. The van der Waals surface area contributed by atoms with E-state index in [-0.39, 0.29) is 0 Å². The predicted molar refractivity (Wildman–Crippen MR) is 85.9 cm³/mol. The lowest BCUT2D eigenvalue weighted by atomic mass is 10.1. The van der Waals surface area contributed by atoms with Crippen molar-refractivity contribution < 1.29 is 4.42 Å². The summed E-state index contributed by atoms with van der Waals surface area (Å²) < 4.78 is 6.27. The summed E-state index contributed by atoms with van der Waals surface area (Å²) in [5.74, 6) is 1.48. The number of nitrogens with one attached hydrogen (secondary N) is 1. The first-order chi connectivity index (χ1) is 10.1. The molecular formula is C15H14ClN3OS. The van der Waals surface area contributed by atoms with Gasteiger partial charge in [0.25, 0.3) is 0 Å². The van der Waals surface area contributed by atoms with Crippen molar-refractivity contribution in [2.24, 2.45) is 0 Å². The van der Waals surface area contributed by atoms with Crippen molar-refractivity contribution >= 4 is 28.6 Å². The minimum atomic E-state index is 0.555. The number of aromatic nitrogens is 2. The van der Waals surface area contributed by atoms with Crippen LogP contribution in [0.5, 0.6) is 0 Å². The minimum Gasteiger partial charge on any atom is -0.441 e. The van der Waals surface area contributed by atoms with E-state index < -0.39 is 0 Å². The zero-order valence-electron chi connectivity index (χ0n) is 11.7. The lowest BCUT2D eigenvalue weighted by Gasteiger charge is -2.08. The Hall–Kier alpha value is -1.85. The number of rotatable bonds is 4. The maximum absolute atomic E-state index is 5.84. The molecule has 3 rings (SSSR count). The van der Waals surface area contributed by atoms with Crippen molar-refractivity contribution in [2.45, 2.75) is 20.4 Å². The highest BCUT2D eigenvalue weighted by Crippen LogP contribution is 2.29. The van der Waals surface area contributed by atoms with Gasteiger partial charge in [0.1, 0.15) is 5.76 Å². The lowest BCUT2D eigenvalue weighted by molar-refractivity contribution is 0.541. The summed E-state index contributed by atoms with van der Waals surface area (Å²) in [6, 6.07) is 7.95. The van der Waals surface area contributed by atoms with Gasteiger partial charge in [-0.3, -0.25) is 0 Å². The van der Waals surface area contributed by atoms with Gasteiger partial charge in [-0.15, -0.1) is 11.3 Å². The number of thiazole rings is 1. The van der Waals surface area contributed by atoms with Crippen molar-refractivity contribution in [1.29, 1.82) is 0 Å².